The quantitative estimate of drug-likeness (QED) is 0.833. The van der Waals surface area contributed by atoms with E-state index in [1.807, 2.05) is 39.0 Å². The van der Waals surface area contributed by atoms with Crippen molar-refractivity contribution < 1.29 is 14.2 Å². The molecule has 0 fully saturated rings. The summed E-state index contributed by atoms with van der Waals surface area (Å²) in [6.07, 6.45) is 1.90. The Morgan fingerprint density at radius 1 is 1.28 bits per heavy atom. The molecule has 0 aliphatic carbocycles. The van der Waals surface area contributed by atoms with Crippen LogP contribution in [0.5, 0.6) is 17.2 Å². The Morgan fingerprint density at radius 3 is 2.61 bits per heavy atom. The summed E-state index contributed by atoms with van der Waals surface area (Å²) in [5.41, 5.74) is 0.395. The maximum Gasteiger partial charge on any atom is 0.164 e. The highest BCUT2D eigenvalue weighted by Gasteiger charge is 2.30. The van der Waals surface area contributed by atoms with Gasteiger partial charge in [-0.15, -0.1) is 0 Å². The molecule has 0 amide bonds. The first kappa shape index (κ1) is 13.1. The van der Waals surface area contributed by atoms with E-state index in [1.165, 1.54) is 0 Å². The van der Waals surface area contributed by atoms with Gasteiger partial charge in [0.15, 0.2) is 11.5 Å². The van der Waals surface area contributed by atoms with Crippen molar-refractivity contribution in [3.8, 4) is 17.2 Å². The number of hydrogen-bond acceptors (Lipinski definition) is 3. The van der Waals surface area contributed by atoms with Gasteiger partial charge in [-0.3, -0.25) is 0 Å². The van der Waals surface area contributed by atoms with Crippen LogP contribution in [0, 0.1) is 0 Å². The Kier molecular flexibility index (Phi) is 3.44. The van der Waals surface area contributed by atoms with E-state index in [0.29, 0.717) is 23.1 Å². The lowest BCUT2D eigenvalue weighted by molar-refractivity contribution is 0.153. The summed E-state index contributed by atoms with van der Waals surface area (Å²) in [5, 5.41) is 0.668. The monoisotopic (exact) mass is 268 g/mol. The first-order chi connectivity index (χ1) is 8.47. The van der Waals surface area contributed by atoms with Crippen molar-refractivity contribution in [2.75, 3.05) is 13.7 Å². The third-order valence-corrected chi connectivity index (χ3v) is 3.38. The zero-order chi connectivity index (χ0) is 13.3. The molecule has 1 aliphatic heterocycles. The van der Waals surface area contributed by atoms with Crippen LogP contribution in [-0.4, -0.2) is 19.3 Å². The van der Waals surface area contributed by atoms with Crippen LogP contribution in [0.3, 0.4) is 0 Å². The fourth-order valence-electron chi connectivity index (χ4n) is 1.82. The van der Waals surface area contributed by atoms with E-state index in [1.54, 1.807) is 7.11 Å². The lowest BCUT2D eigenvalue weighted by atomic mass is 10.0. The minimum atomic E-state index is -0.507. The number of fused-ring (bicyclic) bond motifs is 1. The van der Waals surface area contributed by atoms with Gasteiger partial charge in [0.25, 0.3) is 0 Å². The summed E-state index contributed by atoms with van der Waals surface area (Å²) in [7, 11) is 1.61. The second kappa shape index (κ2) is 4.73. The van der Waals surface area contributed by atoms with Gasteiger partial charge in [-0.25, -0.2) is 0 Å². The molecule has 0 spiro atoms. The summed E-state index contributed by atoms with van der Waals surface area (Å²) in [5.74, 6) is 2.12. The van der Waals surface area contributed by atoms with Crippen molar-refractivity contribution in [2.45, 2.75) is 26.4 Å². The third-order valence-electron chi connectivity index (χ3n) is 2.82. The molecule has 0 radical (unpaired) electrons. The molecule has 0 unspecified atom stereocenters. The van der Waals surface area contributed by atoms with Gasteiger partial charge in [-0.1, -0.05) is 11.6 Å². The molecular formula is C14H17ClO3. The lowest BCUT2D eigenvalue weighted by Gasteiger charge is -2.31. The first-order valence-corrected chi connectivity index (χ1v) is 6.27. The molecule has 0 atom stereocenters. The average molecular weight is 269 g/mol. The Morgan fingerprint density at radius 2 is 2.00 bits per heavy atom. The van der Waals surface area contributed by atoms with E-state index < -0.39 is 5.60 Å². The zero-order valence-electron chi connectivity index (χ0n) is 11.0. The Bertz CT molecular complexity index is 492. The smallest absolute Gasteiger partial charge is 0.164 e. The largest absolute Gasteiger partial charge is 0.493 e. The minimum absolute atomic E-state index is 0.507. The molecule has 0 aromatic heterocycles. The molecule has 1 aromatic rings. The minimum Gasteiger partial charge on any atom is -0.493 e. The normalized spacial score (nSPS) is 16.4. The molecule has 0 N–H and O–H groups in total. The number of hydrogen-bond donors (Lipinski definition) is 0. The number of benzene rings is 1. The van der Waals surface area contributed by atoms with Gasteiger partial charge in [0.1, 0.15) is 11.4 Å². The molecule has 18 heavy (non-hydrogen) atoms. The number of halogens is 1. The van der Waals surface area contributed by atoms with Crippen LogP contribution in [-0.2, 0) is 0 Å². The molecule has 1 aromatic carbocycles. The molecule has 0 saturated carbocycles. The van der Waals surface area contributed by atoms with Gasteiger partial charge in [0.05, 0.1) is 18.7 Å². The molecule has 98 valence electrons. The molecular weight excluding hydrogens is 252 g/mol. The fraction of sp³-hybridized carbons (Fsp3) is 0.429. The Balaban J connectivity index is 2.50. The Hall–Kier alpha value is -1.35. The van der Waals surface area contributed by atoms with E-state index >= 15 is 0 Å². The van der Waals surface area contributed by atoms with Crippen LogP contribution >= 0.6 is 11.6 Å². The highest BCUT2D eigenvalue weighted by Crippen LogP contribution is 2.42. The molecule has 0 bridgehead atoms. The average Bonchev–Trinajstić information content (AvgIpc) is 2.30. The molecule has 2 rings (SSSR count). The second-order valence-corrected chi connectivity index (χ2v) is 4.99. The van der Waals surface area contributed by atoms with Crippen molar-refractivity contribution in [1.29, 1.82) is 0 Å². The van der Waals surface area contributed by atoms with Crippen LogP contribution in [0.15, 0.2) is 17.2 Å². The van der Waals surface area contributed by atoms with Gasteiger partial charge in [-0.2, -0.15) is 0 Å². The highest BCUT2D eigenvalue weighted by atomic mass is 35.5. The van der Waals surface area contributed by atoms with Crippen LogP contribution in [0.4, 0.5) is 0 Å². The van der Waals surface area contributed by atoms with Crippen LogP contribution in [0.25, 0.3) is 6.08 Å². The molecule has 1 aliphatic rings. The molecule has 4 heteroatoms. The topological polar surface area (TPSA) is 27.7 Å². The van der Waals surface area contributed by atoms with Crippen LogP contribution in [0.2, 0.25) is 0 Å². The second-order valence-electron chi connectivity index (χ2n) is 4.58. The van der Waals surface area contributed by atoms with Crippen molar-refractivity contribution in [1.82, 2.24) is 0 Å². The van der Waals surface area contributed by atoms with Crippen LogP contribution < -0.4 is 14.2 Å². The summed E-state index contributed by atoms with van der Waals surface area (Å²) in [6, 6.07) is 3.72. The molecule has 0 saturated heterocycles. The van der Waals surface area contributed by atoms with Crippen molar-refractivity contribution in [2.24, 2.45) is 0 Å². The van der Waals surface area contributed by atoms with E-state index in [9.17, 15) is 0 Å². The van der Waals surface area contributed by atoms with Gasteiger partial charge < -0.3 is 14.2 Å². The van der Waals surface area contributed by atoms with Gasteiger partial charge in [-0.05, 0) is 32.9 Å². The maximum atomic E-state index is 6.20. The van der Waals surface area contributed by atoms with E-state index in [4.69, 9.17) is 25.8 Å². The Labute approximate surface area is 112 Å². The summed E-state index contributed by atoms with van der Waals surface area (Å²) >= 11 is 6.20. The van der Waals surface area contributed by atoms with Crippen molar-refractivity contribution >= 4 is 17.7 Å². The van der Waals surface area contributed by atoms with Gasteiger partial charge in [0.2, 0.25) is 0 Å². The van der Waals surface area contributed by atoms with E-state index in [0.717, 1.165) is 11.3 Å². The van der Waals surface area contributed by atoms with E-state index in [2.05, 4.69) is 0 Å². The van der Waals surface area contributed by atoms with Gasteiger partial charge in [0, 0.05) is 11.6 Å². The van der Waals surface area contributed by atoms with Crippen molar-refractivity contribution in [3.05, 3.63) is 22.7 Å². The maximum absolute atomic E-state index is 6.20. The highest BCUT2D eigenvalue weighted by molar-refractivity contribution is 6.32. The molecule has 3 nitrogen and oxygen atoms in total. The number of ether oxygens (including phenoxy) is 3. The summed E-state index contributed by atoms with van der Waals surface area (Å²) in [4.78, 5) is 0. The number of methoxy groups -OCH3 is 1. The third kappa shape index (κ3) is 2.27. The van der Waals surface area contributed by atoms with Crippen molar-refractivity contribution in [3.63, 3.8) is 0 Å². The zero-order valence-corrected chi connectivity index (χ0v) is 11.8. The van der Waals surface area contributed by atoms with Gasteiger partial charge >= 0.3 is 0 Å². The first-order valence-electron chi connectivity index (χ1n) is 5.89. The van der Waals surface area contributed by atoms with Crippen LogP contribution in [0.1, 0.15) is 26.3 Å². The van der Waals surface area contributed by atoms with E-state index in [-0.39, 0.29) is 0 Å². The number of rotatable bonds is 3. The lowest BCUT2D eigenvalue weighted by Crippen LogP contribution is -2.31. The summed E-state index contributed by atoms with van der Waals surface area (Å²) in [6.45, 7) is 6.37. The predicted octanol–water partition coefficient (Wildman–Crippen LogP) is 3.84. The standard InChI is InChI=1S/C14H17ClO3/c1-5-17-12-8-10-9(6-11(12)16-4)7-13(15)14(2,3)18-10/h6-8H,5H2,1-4H3. The molecule has 1 heterocycles. The fourth-order valence-corrected chi connectivity index (χ4v) is 1.98. The summed E-state index contributed by atoms with van der Waals surface area (Å²) < 4.78 is 16.7. The SMILES string of the molecule is CCOc1cc2c(cc1OC)C=C(Cl)C(C)(C)O2. The predicted molar refractivity (Wildman–Crippen MR) is 72.7 cm³/mol.